The molecule has 0 radical (unpaired) electrons. The molecule has 0 aromatic rings. The summed E-state index contributed by atoms with van der Waals surface area (Å²) >= 11 is 0. The third kappa shape index (κ3) is 3.86. The SMILES string of the molecule is CC(C)(OC1OC(CO)C(O)C(O)C1O)C1CCC2(C)C(O)CCC(O)C2C1. The van der Waals surface area contributed by atoms with E-state index in [1.54, 1.807) is 0 Å². The van der Waals surface area contributed by atoms with Crippen LogP contribution < -0.4 is 0 Å². The minimum absolute atomic E-state index is 0.0346. The quantitative estimate of drug-likeness (QED) is 0.369. The molecule has 1 saturated heterocycles. The Kier molecular flexibility index (Phi) is 6.45. The molecule has 10 unspecified atom stereocenters. The Bertz CT molecular complexity index is 540. The fourth-order valence-corrected chi connectivity index (χ4v) is 5.43. The summed E-state index contributed by atoms with van der Waals surface area (Å²) in [6.07, 6.45) is -3.96. The van der Waals surface area contributed by atoms with Crippen LogP contribution in [0.15, 0.2) is 0 Å². The number of aliphatic hydroxyl groups is 6. The first-order valence-corrected chi connectivity index (χ1v) is 10.4. The summed E-state index contributed by atoms with van der Waals surface area (Å²) in [5.74, 6) is 0.0190. The summed E-state index contributed by atoms with van der Waals surface area (Å²) in [6.45, 7) is 5.31. The molecule has 28 heavy (non-hydrogen) atoms. The van der Waals surface area contributed by atoms with Gasteiger partial charge in [-0.1, -0.05) is 6.92 Å². The molecule has 3 fully saturated rings. The molecule has 3 rings (SSSR count). The second-order valence-electron chi connectivity index (χ2n) is 9.66. The molecule has 2 aliphatic carbocycles. The lowest BCUT2D eigenvalue weighted by Gasteiger charge is -2.55. The number of ether oxygens (including phenoxy) is 2. The Hall–Kier alpha value is -0.320. The molecule has 164 valence electrons. The number of aliphatic hydroxyl groups excluding tert-OH is 6. The monoisotopic (exact) mass is 404 g/mol. The Morgan fingerprint density at radius 3 is 2.32 bits per heavy atom. The highest BCUT2D eigenvalue weighted by atomic mass is 16.7. The third-order valence-corrected chi connectivity index (χ3v) is 7.63. The van der Waals surface area contributed by atoms with Gasteiger partial charge in [-0.25, -0.2) is 0 Å². The van der Waals surface area contributed by atoms with Crippen molar-refractivity contribution in [3.8, 4) is 0 Å². The second kappa shape index (κ2) is 8.07. The highest BCUT2D eigenvalue weighted by Crippen LogP contribution is 2.54. The minimum Gasteiger partial charge on any atom is -0.394 e. The van der Waals surface area contributed by atoms with Crippen LogP contribution in [0, 0.1) is 17.3 Å². The molecule has 0 spiro atoms. The van der Waals surface area contributed by atoms with E-state index in [1.165, 1.54) is 0 Å². The molecule has 0 aromatic carbocycles. The lowest BCUT2D eigenvalue weighted by Crippen LogP contribution is -2.61. The number of hydrogen-bond donors (Lipinski definition) is 6. The van der Waals surface area contributed by atoms with Gasteiger partial charge in [0, 0.05) is 0 Å². The van der Waals surface area contributed by atoms with Crippen molar-refractivity contribution < 1.29 is 40.1 Å². The smallest absolute Gasteiger partial charge is 0.187 e. The van der Waals surface area contributed by atoms with E-state index in [0.29, 0.717) is 19.3 Å². The van der Waals surface area contributed by atoms with Gasteiger partial charge < -0.3 is 40.1 Å². The van der Waals surface area contributed by atoms with Crippen molar-refractivity contribution in [2.24, 2.45) is 17.3 Å². The number of hydrogen-bond acceptors (Lipinski definition) is 8. The van der Waals surface area contributed by atoms with E-state index in [9.17, 15) is 30.6 Å². The zero-order chi connectivity index (χ0) is 20.9. The van der Waals surface area contributed by atoms with Crippen molar-refractivity contribution in [1.82, 2.24) is 0 Å². The molecule has 8 heteroatoms. The molecular weight excluding hydrogens is 368 g/mol. The molecule has 6 N–H and O–H groups in total. The third-order valence-electron chi connectivity index (χ3n) is 7.63. The number of rotatable bonds is 4. The van der Waals surface area contributed by atoms with Crippen LogP contribution in [0.3, 0.4) is 0 Å². The van der Waals surface area contributed by atoms with Gasteiger partial charge in [-0.2, -0.15) is 0 Å². The van der Waals surface area contributed by atoms with E-state index in [4.69, 9.17) is 9.47 Å². The van der Waals surface area contributed by atoms with Crippen molar-refractivity contribution in [1.29, 1.82) is 0 Å². The molecule has 0 aromatic heterocycles. The van der Waals surface area contributed by atoms with Gasteiger partial charge in [-0.05, 0) is 63.2 Å². The highest BCUT2D eigenvalue weighted by molar-refractivity contribution is 5.03. The zero-order valence-corrected chi connectivity index (χ0v) is 16.9. The van der Waals surface area contributed by atoms with Crippen LogP contribution in [0.2, 0.25) is 0 Å². The first kappa shape index (κ1) is 22.4. The summed E-state index contributed by atoms with van der Waals surface area (Å²) in [7, 11) is 0. The molecule has 0 bridgehead atoms. The Labute approximate surface area is 166 Å². The molecular formula is C20H36O8. The van der Waals surface area contributed by atoms with E-state index in [1.807, 2.05) is 20.8 Å². The van der Waals surface area contributed by atoms with Gasteiger partial charge >= 0.3 is 0 Å². The van der Waals surface area contributed by atoms with E-state index >= 15 is 0 Å². The lowest BCUT2D eigenvalue weighted by atomic mass is 9.54. The van der Waals surface area contributed by atoms with Gasteiger partial charge in [0.1, 0.15) is 24.4 Å². The molecule has 2 saturated carbocycles. The first-order valence-electron chi connectivity index (χ1n) is 10.4. The lowest BCUT2D eigenvalue weighted by molar-refractivity contribution is -0.331. The van der Waals surface area contributed by atoms with Crippen molar-refractivity contribution in [2.75, 3.05) is 6.61 Å². The Morgan fingerprint density at radius 2 is 1.68 bits per heavy atom. The van der Waals surface area contributed by atoms with Crippen LogP contribution in [0.5, 0.6) is 0 Å². The summed E-state index contributed by atoms with van der Waals surface area (Å²) in [5, 5.41) is 60.6. The maximum atomic E-state index is 10.6. The van der Waals surface area contributed by atoms with E-state index in [0.717, 1.165) is 12.8 Å². The average Bonchev–Trinajstić information content (AvgIpc) is 2.65. The van der Waals surface area contributed by atoms with E-state index in [-0.39, 0.29) is 17.3 Å². The van der Waals surface area contributed by atoms with Crippen LogP contribution in [-0.4, -0.2) is 85.8 Å². The standard InChI is InChI=1S/C20H36O8/c1-19(2,28-18-17(26)16(25)15(24)13(9-21)27-18)10-6-7-20(3)11(8-10)12(22)4-5-14(20)23/h10-18,21-26H,4-9H2,1-3H3. The maximum Gasteiger partial charge on any atom is 0.187 e. The molecule has 10 atom stereocenters. The highest BCUT2D eigenvalue weighted by Gasteiger charge is 2.54. The molecule has 0 amide bonds. The van der Waals surface area contributed by atoms with Crippen molar-refractivity contribution in [2.45, 2.75) is 101 Å². The van der Waals surface area contributed by atoms with Gasteiger partial charge in [0.15, 0.2) is 6.29 Å². The summed E-state index contributed by atoms with van der Waals surface area (Å²) in [4.78, 5) is 0. The van der Waals surface area contributed by atoms with Gasteiger partial charge in [0.05, 0.1) is 24.4 Å². The predicted octanol–water partition coefficient (Wildman–Crippen LogP) is -0.480. The topological polar surface area (TPSA) is 140 Å². The van der Waals surface area contributed by atoms with Crippen LogP contribution in [0.4, 0.5) is 0 Å². The first-order chi connectivity index (χ1) is 13.0. The van der Waals surface area contributed by atoms with Crippen molar-refractivity contribution in [3.63, 3.8) is 0 Å². The van der Waals surface area contributed by atoms with Gasteiger partial charge in [0.25, 0.3) is 0 Å². The normalized spacial score (nSPS) is 50.2. The predicted molar refractivity (Wildman–Crippen MR) is 99.1 cm³/mol. The van der Waals surface area contributed by atoms with Crippen molar-refractivity contribution >= 4 is 0 Å². The van der Waals surface area contributed by atoms with Crippen LogP contribution >= 0.6 is 0 Å². The summed E-state index contributed by atoms with van der Waals surface area (Å²) in [6, 6.07) is 0. The molecule has 1 heterocycles. The average molecular weight is 405 g/mol. The largest absolute Gasteiger partial charge is 0.394 e. The number of fused-ring (bicyclic) bond motifs is 1. The van der Waals surface area contributed by atoms with Gasteiger partial charge in [-0.3, -0.25) is 0 Å². The summed E-state index contributed by atoms with van der Waals surface area (Å²) < 4.78 is 11.6. The Morgan fingerprint density at radius 1 is 1.00 bits per heavy atom. The fourth-order valence-electron chi connectivity index (χ4n) is 5.43. The van der Waals surface area contributed by atoms with Crippen LogP contribution in [0.25, 0.3) is 0 Å². The molecule has 3 aliphatic rings. The Balaban J connectivity index is 1.71. The van der Waals surface area contributed by atoms with E-state index < -0.39 is 55.1 Å². The minimum atomic E-state index is -1.48. The second-order valence-corrected chi connectivity index (χ2v) is 9.66. The fraction of sp³-hybridized carbons (Fsp3) is 1.00. The summed E-state index contributed by atoms with van der Waals surface area (Å²) in [5.41, 5.74) is -1.05. The van der Waals surface area contributed by atoms with Gasteiger partial charge in [0.2, 0.25) is 0 Å². The maximum absolute atomic E-state index is 10.6. The van der Waals surface area contributed by atoms with E-state index in [2.05, 4.69) is 0 Å². The molecule has 8 nitrogen and oxygen atoms in total. The zero-order valence-electron chi connectivity index (χ0n) is 16.9. The molecule has 1 aliphatic heterocycles. The van der Waals surface area contributed by atoms with Gasteiger partial charge in [-0.15, -0.1) is 0 Å². The van der Waals surface area contributed by atoms with Crippen LogP contribution in [0.1, 0.15) is 52.9 Å². The van der Waals surface area contributed by atoms with Crippen LogP contribution in [-0.2, 0) is 9.47 Å². The van der Waals surface area contributed by atoms with Crippen molar-refractivity contribution in [3.05, 3.63) is 0 Å².